The van der Waals surface area contributed by atoms with E-state index in [4.69, 9.17) is 4.74 Å². The van der Waals surface area contributed by atoms with Gasteiger partial charge in [-0.05, 0) is 24.5 Å². The van der Waals surface area contributed by atoms with E-state index in [1.165, 1.54) is 5.56 Å². The second-order valence-corrected chi connectivity index (χ2v) is 5.84. The summed E-state index contributed by atoms with van der Waals surface area (Å²) >= 11 is 3.54. The van der Waals surface area contributed by atoms with Crippen LogP contribution in [0.2, 0.25) is 0 Å². The van der Waals surface area contributed by atoms with E-state index in [-0.39, 0.29) is 18.2 Å². The predicted octanol–water partition coefficient (Wildman–Crippen LogP) is 2.70. The van der Waals surface area contributed by atoms with Crippen molar-refractivity contribution in [2.45, 2.75) is 43.9 Å². The van der Waals surface area contributed by atoms with Crippen molar-refractivity contribution in [1.82, 2.24) is 0 Å². The van der Waals surface area contributed by atoms with Crippen LogP contribution in [0.5, 0.6) is 0 Å². The van der Waals surface area contributed by atoms with E-state index < -0.39 is 0 Å². The van der Waals surface area contributed by atoms with E-state index in [1.54, 1.807) is 0 Å². The van der Waals surface area contributed by atoms with Gasteiger partial charge in [0.2, 0.25) is 0 Å². The minimum Gasteiger partial charge on any atom is -0.475 e. The number of fused-ring (bicyclic) bond motifs is 1. The molecule has 3 nitrogen and oxygen atoms in total. The number of rotatable bonds is 2. The van der Waals surface area contributed by atoms with Gasteiger partial charge in [0, 0.05) is 17.3 Å². The molecular formula is C14H16BrNO2. The average Bonchev–Trinajstić information content (AvgIpc) is 2.73. The smallest absolute Gasteiger partial charge is 0.188 e. The third kappa shape index (κ3) is 2.45. The lowest BCUT2D eigenvalue weighted by Crippen LogP contribution is -2.33. The first-order chi connectivity index (χ1) is 8.72. The van der Waals surface area contributed by atoms with Crippen molar-refractivity contribution in [2.75, 3.05) is 0 Å². The van der Waals surface area contributed by atoms with E-state index in [2.05, 4.69) is 27.0 Å². The highest BCUT2D eigenvalue weighted by Crippen LogP contribution is 2.30. The first-order valence-electron chi connectivity index (χ1n) is 6.37. The number of ether oxygens (including phenoxy) is 1. The van der Waals surface area contributed by atoms with Gasteiger partial charge in [0.1, 0.15) is 6.10 Å². The van der Waals surface area contributed by atoms with Gasteiger partial charge in [-0.1, -0.05) is 34.1 Å². The fraction of sp³-hybridized carbons (Fsp3) is 0.500. The molecular weight excluding hydrogens is 294 g/mol. The highest BCUT2D eigenvalue weighted by atomic mass is 79.9. The molecule has 1 aliphatic heterocycles. The van der Waals surface area contributed by atoms with Crippen molar-refractivity contribution in [1.29, 1.82) is 0 Å². The third-order valence-electron chi connectivity index (χ3n) is 3.63. The Hall–Kier alpha value is -0.870. The molecule has 0 bridgehead atoms. The summed E-state index contributed by atoms with van der Waals surface area (Å²) in [7, 11) is 0. The molecule has 3 atom stereocenters. The monoisotopic (exact) mass is 309 g/mol. The largest absolute Gasteiger partial charge is 0.475 e. The summed E-state index contributed by atoms with van der Waals surface area (Å²) in [5.41, 5.74) is 1.19. The van der Waals surface area contributed by atoms with Gasteiger partial charge in [-0.25, -0.2) is 4.99 Å². The molecule has 1 fully saturated rings. The molecule has 0 spiro atoms. The summed E-state index contributed by atoms with van der Waals surface area (Å²) < 4.78 is 6.95. The molecule has 3 unspecified atom stereocenters. The van der Waals surface area contributed by atoms with Gasteiger partial charge in [0.15, 0.2) is 5.90 Å². The zero-order valence-corrected chi connectivity index (χ0v) is 11.6. The van der Waals surface area contributed by atoms with Crippen LogP contribution in [-0.4, -0.2) is 29.3 Å². The van der Waals surface area contributed by atoms with E-state index >= 15 is 0 Å². The van der Waals surface area contributed by atoms with Crippen molar-refractivity contribution in [2.24, 2.45) is 4.99 Å². The number of hydrogen-bond acceptors (Lipinski definition) is 3. The maximum atomic E-state index is 9.64. The molecule has 0 saturated heterocycles. The number of aliphatic imine (C=N–C) groups is 1. The van der Waals surface area contributed by atoms with Crippen LogP contribution in [0, 0.1) is 0 Å². The lowest BCUT2D eigenvalue weighted by atomic mass is 9.91. The fourth-order valence-electron chi connectivity index (χ4n) is 2.65. The highest BCUT2D eigenvalue weighted by Gasteiger charge is 2.36. The number of aliphatic hydroxyl groups is 1. The van der Waals surface area contributed by atoms with Gasteiger partial charge in [0.25, 0.3) is 0 Å². The number of aliphatic hydroxyl groups excluding tert-OH is 1. The molecule has 0 aromatic heterocycles. The Morgan fingerprint density at radius 1 is 1.33 bits per heavy atom. The lowest BCUT2D eigenvalue weighted by molar-refractivity contribution is 0.0497. The SMILES string of the molecule is OC1CCC2N=C(Cc3ccccc3Br)OC2C1. The second kappa shape index (κ2) is 5.02. The summed E-state index contributed by atoms with van der Waals surface area (Å²) in [6.45, 7) is 0. The fourth-order valence-corrected chi connectivity index (χ4v) is 3.07. The molecule has 1 saturated carbocycles. The number of nitrogens with zero attached hydrogens (tertiary/aromatic N) is 1. The summed E-state index contributed by atoms with van der Waals surface area (Å²) in [5, 5.41) is 9.64. The molecule has 1 heterocycles. The van der Waals surface area contributed by atoms with Gasteiger partial charge in [-0.2, -0.15) is 0 Å². The minimum absolute atomic E-state index is 0.0891. The molecule has 1 N–H and O–H groups in total. The standard InChI is InChI=1S/C14H16BrNO2/c15-11-4-2-1-3-9(11)7-14-16-12-6-5-10(17)8-13(12)18-14/h1-4,10,12-13,17H,5-8H2. The van der Waals surface area contributed by atoms with E-state index in [9.17, 15) is 5.11 Å². The van der Waals surface area contributed by atoms with Crippen LogP contribution in [0.25, 0.3) is 0 Å². The Morgan fingerprint density at radius 2 is 2.17 bits per heavy atom. The van der Waals surface area contributed by atoms with Gasteiger partial charge < -0.3 is 9.84 Å². The molecule has 1 aliphatic carbocycles. The van der Waals surface area contributed by atoms with Gasteiger partial charge in [-0.3, -0.25) is 0 Å². The average molecular weight is 310 g/mol. The maximum Gasteiger partial charge on any atom is 0.188 e. The molecule has 18 heavy (non-hydrogen) atoms. The summed E-state index contributed by atoms with van der Waals surface area (Å²) in [5.74, 6) is 0.811. The summed E-state index contributed by atoms with van der Waals surface area (Å²) in [4.78, 5) is 4.64. The molecule has 2 aliphatic rings. The van der Waals surface area contributed by atoms with Crippen LogP contribution in [0.15, 0.2) is 33.7 Å². The van der Waals surface area contributed by atoms with Gasteiger partial charge >= 0.3 is 0 Å². The first-order valence-corrected chi connectivity index (χ1v) is 7.16. The predicted molar refractivity (Wildman–Crippen MR) is 73.8 cm³/mol. The van der Waals surface area contributed by atoms with Crippen LogP contribution in [0.4, 0.5) is 0 Å². The molecule has 96 valence electrons. The molecule has 3 rings (SSSR count). The van der Waals surface area contributed by atoms with E-state index in [0.717, 1.165) is 29.6 Å². The van der Waals surface area contributed by atoms with Crippen molar-refractivity contribution >= 4 is 21.8 Å². The Bertz CT molecular complexity index is 475. The quantitative estimate of drug-likeness (QED) is 0.912. The first kappa shape index (κ1) is 12.2. The number of benzene rings is 1. The van der Waals surface area contributed by atoms with Crippen molar-refractivity contribution in [3.8, 4) is 0 Å². The van der Waals surface area contributed by atoms with Crippen molar-refractivity contribution < 1.29 is 9.84 Å². The van der Waals surface area contributed by atoms with Gasteiger partial charge in [-0.15, -0.1) is 0 Å². The molecule has 1 aromatic rings. The normalized spacial score (nSPS) is 30.6. The van der Waals surface area contributed by atoms with Gasteiger partial charge in [0.05, 0.1) is 12.1 Å². The van der Waals surface area contributed by atoms with Crippen LogP contribution < -0.4 is 0 Å². The topological polar surface area (TPSA) is 41.8 Å². The Morgan fingerprint density at radius 3 is 3.00 bits per heavy atom. The molecule has 1 aromatic carbocycles. The van der Waals surface area contributed by atoms with E-state index in [0.29, 0.717) is 6.42 Å². The van der Waals surface area contributed by atoms with Crippen LogP contribution in [-0.2, 0) is 11.2 Å². The van der Waals surface area contributed by atoms with Crippen molar-refractivity contribution in [3.05, 3.63) is 34.3 Å². The third-order valence-corrected chi connectivity index (χ3v) is 4.40. The Kier molecular flexibility index (Phi) is 3.39. The van der Waals surface area contributed by atoms with Crippen LogP contribution in [0.3, 0.4) is 0 Å². The Labute approximate surface area is 115 Å². The number of hydrogen-bond donors (Lipinski definition) is 1. The number of halogens is 1. The van der Waals surface area contributed by atoms with Crippen LogP contribution >= 0.6 is 15.9 Å². The van der Waals surface area contributed by atoms with Crippen LogP contribution in [0.1, 0.15) is 24.8 Å². The zero-order valence-electron chi connectivity index (χ0n) is 10.1. The second-order valence-electron chi connectivity index (χ2n) is 4.98. The molecule has 0 amide bonds. The zero-order chi connectivity index (χ0) is 12.5. The minimum atomic E-state index is -0.218. The lowest BCUT2D eigenvalue weighted by Gasteiger charge is -2.26. The van der Waals surface area contributed by atoms with Crippen molar-refractivity contribution in [3.63, 3.8) is 0 Å². The maximum absolute atomic E-state index is 9.64. The summed E-state index contributed by atoms with van der Waals surface area (Å²) in [6.07, 6.45) is 3.09. The molecule has 0 radical (unpaired) electrons. The molecule has 4 heteroatoms. The Balaban J connectivity index is 1.70. The summed E-state index contributed by atoms with van der Waals surface area (Å²) in [6, 6.07) is 8.38. The highest BCUT2D eigenvalue weighted by molar-refractivity contribution is 9.10. The van der Waals surface area contributed by atoms with E-state index in [1.807, 2.05) is 18.2 Å².